The number of carbonyl (C=O) groups is 2. The van der Waals surface area contributed by atoms with E-state index >= 15 is 0 Å². The van der Waals surface area contributed by atoms with Crippen LogP contribution in [0.5, 0.6) is 0 Å². The molecule has 0 fully saturated rings. The van der Waals surface area contributed by atoms with Gasteiger partial charge in [0.2, 0.25) is 5.76 Å². The summed E-state index contributed by atoms with van der Waals surface area (Å²) < 4.78 is 0. The summed E-state index contributed by atoms with van der Waals surface area (Å²) in [5, 5.41) is 31.9. The lowest BCUT2D eigenvalue weighted by Crippen LogP contribution is -2.29. The molecule has 124 valence electrons. The van der Waals surface area contributed by atoms with Crippen molar-refractivity contribution in [1.29, 1.82) is 0 Å². The van der Waals surface area contributed by atoms with Gasteiger partial charge >= 0.3 is 11.5 Å². The highest BCUT2D eigenvalue weighted by molar-refractivity contribution is 6.51. The summed E-state index contributed by atoms with van der Waals surface area (Å²) in [5.41, 5.74) is -2.15. The zero-order valence-corrected chi connectivity index (χ0v) is 12.2. The highest BCUT2D eigenvalue weighted by atomic mass is 16.6. The van der Waals surface area contributed by atoms with Gasteiger partial charge in [0, 0.05) is 6.07 Å². The van der Waals surface area contributed by atoms with Crippen LogP contribution in [0.1, 0.15) is 16.1 Å². The number of nitro groups is 2. The molecule has 1 aromatic heterocycles. The van der Waals surface area contributed by atoms with E-state index in [9.17, 15) is 34.9 Å². The van der Waals surface area contributed by atoms with Gasteiger partial charge in [0.15, 0.2) is 0 Å². The average molecular weight is 341 g/mol. The van der Waals surface area contributed by atoms with Crippen molar-refractivity contribution in [3.05, 3.63) is 73.6 Å². The van der Waals surface area contributed by atoms with Gasteiger partial charge in [0.05, 0.1) is 26.7 Å². The third kappa shape index (κ3) is 2.41. The van der Waals surface area contributed by atoms with Crippen molar-refractivity contribution in [2.45, 2.75) is 0 Å². The SMILES string of the molecule is O=C1C(=O)c2nc(-c3ccccc3[N+](=O)[O-])ccc2C(O)=C1[N+](=O)[O-]. The van der Waals surface area contributed by atoms with Crippen LogP contribution in [0.4, 0.5) is 5.69 Å². The standard InChI is InChI=1S/C15H7N3O7/c19-13-8-5-6-9(7-3-1-2-4-10(7)17(22)23)16-11(8)14(20)15(21)12(13)18(24)25/h1-6,19H. The van der Waals surface area contributed by atoms with Crippen LogP contribution in [0.3, 0.4) is 0 Å². The maximum atomic E-state index is 12.1. The summed E-state index contributed by atoms with van der Waals surface area (Å²) in [7, 11) is 0. The van der Waals surface area contributed by atoms with Crippen LogP contribution in [-0.2, 0) is 4.79 Å². The van der Waals surface area contributed by atoms with Crippen LogP contribution < -0.4 is 0 Å². The minimum atomic E-state index is -1.50. The Balaban J connectivity index is 2.24. The molecule has 0 aliphatic heterocycles. The number of carbonyl (C=O) groups excluding carboxylic acids is 2. The molecule has 0 spiro atoms. The molecule has 0 saturated carbocycles. The number of benzene rings is 1. The molecule has 0 amide bonds. The summed E-state index contributed by atoms with van der Waals surface area (Å²) in [6.07, 6.45) is 0. The van der Waals surface area contributed by atoms with E-state index in [1.165, 1.54) is 30.3 Å². The van der Waals surface area contributed by atoms with E-state index in [2.05, 4.69) is 4.98 Å². The molecule has 1 aromatic carbocycles. The first-order valence-electron chi connectivity index (χ1n) is 6.74. The Morgan fingerprint density at radius 2 is 1.56 bits per heavy atom. The Morgan fingerprint density at radius 1 is 0.880 bits per heavy atom. The molecule has 1 aliphatic carbocycles. The van der Waals surface area contributed by atoms with Crippen molar-refractivity contribution in [1.82, 2.24) is 4.98 Å². The quantitative estimate of drug-likeness (QED) is 0.504. The fraction of sp³-hybridized carbons (Fsp3) is 0. The van der Waals surface area contributed by atoms with Crippen LogP contribution in [0.2, 0.25) is 0 Å². The van der Waals surface area contributed by atoms with Crippen LogP contribution in [0.25, 0.3) is 17.0 Å². The number of Topliss-reactive ketones (excluding diaryl/α,β-unsaturated/α-hetero) is 2. The first-order valence-corrected chi connectivity index (χ1v) is 6.74. The Bertz CT molecular complexity index is 1010. The largest absolute Gasteiger partial charge is 0.502 e. The highest BCUT2D eigenvalue weighted by Crippen LogP contribution is 2.32. The van der Waals surface area contributed by atoms with Crippen molar-refractivity contribution < 1.29 is 24.5 Å². The Hall–Kier alpha value is -3.95. The fourth-order valence-electron chi connectivity index (χ4n) is 2.44. The number of fused-ring (bicyclic) bond motifs is 1. The van der Waals surface area contributed by atoms with Gasteiger partial charge < -0.3 is 5.11 Å². The van der Waals surface area contributed by atoms with Gasteiger partial charge in [0.25, 0.3) is 11.5 Å². The molecule has 0 saturated heterocycles. The molecule has 0 bridgehead atoms. The molecule has 10 heteroatoms. The van der Waals surface area contributed by atoms with Gasteiger partial charge in [-0.3, -0.25) is 29.8 Å². The highest BCUT2D eigenvalue weighted by Gasteiger charge is 2.42. The van der Waals surface area contributed by atoms with Gasteiger partial charge in [-0.25, -0.2) is 4.98 Å². The zero-order valence-electron chi connectivity index (χ0n) is 12.2. The normalized spacial score (nSPS) is 13.6. The molecule has 1 N–H and O–H groups in total. The van der Waals surface area contributed by atoms with E-state index in [0.717, 1.165) is 6.07 Å². The number of rotatable bonds is 3. The van der Waals surface area contributed by atoms with Crippen molar-refractivity contribution >= 4 is 23.0 Å². The van der Waals surface area contributed by atoms with Crippen molar-refractivity contribution in [3.8, 4) is 11.3 Å². The van der Waals surface area contributed by atoms with Crippen molar-refractivity contribution in [3.63, 3.8) is 0 Å². The third-order valence-corrected chi connectivity index (χ3v) is 3.57. The number of para-hydroxylation sites is 1. The molecule has 0 unspecified atom stereocenters. The lowest BCUT2D eigenvalue weighted by atomic mass is 9.95. The first-order chi connectivity index (χ1) is 11.8. The second-order valence-electron chi connectivity index (χ2n) is 4.98. The minimum absolute atomic E-state index is 0.0181. The van der Waals surface area contributed by atoms with E-state index in [1.54, 1.807) is 0 Å². The van der Waals surface area contributed by atoms with Gasteiger partial charge in [0.1, 0.15) is 5.69 Å². The molecule has 1 aliphatic rings. The molecule has 0 atom stereocenters. The van der Waals surface area contributed by atoms with Crippen LogP contribution in [0.15, 0.2) is 42.1 Å². The Kier molecular flexibility index (Phi) is 3.57. The fourth-order valence-corrected chi connectivity index (χ4v) is 2.44. The molecule has 1 heterocycles. The summed E-state index contributed by atoms with van der Waals surface area (Å²) in [6.45, 7) is 0. The van der Waals surface area contributed by atoms with Gasteiger partial charge in [-0.1, -0.05) is 12.1 Å². The number of hydrogen-bond acceptors (Lipinski definition) is 8. The minimum Gasteiger partial charge on any atom is -0.502 e. The monoisotopic (exact) mass is 341 g/mol. The van der Waals surface area contributed by atoms with E-state index in [-0.39, 0.29) is 22.5 Å². The van der Waals surface area contributed by atoms with Crippen LogP contribution in [-0.4, -0.2) is 31.5 Å². The van der Waals surface area contributed by atoms with Gasteiger partial charge in [-0.05, 0) is 18.2 Å². The predicted octanol–water partition coefficient (Wildman–Crippen LogP) is 1.93. The lowest BCUT2D eigenvalue weighted by Gasteiger charge is -2.13. The molecule has 2 aromatic rings. The van der Waals surface area contributed by atoms with Crippen molar-refractivity contribution in [2.75, 3.05) is 0 Å². The van der Waals surface area contributed by atoms with E-state index in [4.69, 9.17) is 0 Å². The van der Waals surface area contributed by atoms with E-state index in [0.29, 0.717) is 0 Å². The number of aliphatic hydroxyl groups is 1. The topological polar surface area (TPSA) is 154 Å². The molecular formula is C15H7N3O7. The molecule has 0 radical (unpaired) electrons. The number of allylic oxidation sites excluding steroid dienone is 1. The maximum Gasteiger partial charge on any atom is 0.362 e. The van der Waals surface area contributed by atoms with Crippen LogP contribution >= 0.6 is 0 Å². The zero-order chi connectivity index (χ0) is 18.3. The van der Waals surface area contributed by atoms with E-state index < -0.39 is 38.6 Å². The summed E-state index contributed by atoms with van der Waals surface area (Å²) in [5.74, 6) is -3.73. The molecular weight excluding hydrogens is 334 g/mol. The van der Waals surface area contributed by atoms with E-state index in [1.807, 2.05) is 0 Å². The predicted molar refractivity (Wildman–Crippen MR) is 82.2 cm³/mol. The number of pyridine rings is 1. The Morgan fingerprint density at radius 3 is 2.20 bits per heavy atom. The number of nitrogens with zero attached hydrogens (tertiary/aromatic N) is 3. The summed E-state index contributed by atoms with van der Waals surface area (Å²) in [4.78, 5) is 48.0. The second-order valence-corrected chi connectivity index (χ2v) is 4.98. The van der Waals surface area contributed by atoms with Crippen LogP contribution in [0, 0.1) is 20.2 Å². The lowest BCUT2D eigenvalue weighted by molar-refractivity contribution is -0.418. The first kappa shape index (κ1) is 15.9. The maximum absolute atomic E-state index is 12.1. The number of aliphatic hydroxyl groups excluding tert-OH is 1. The van der Waals surface area contributed by atoms with Gasteiger partial charge in [-0.2, -0.15) is 0 Å². The van der Waals surface area contributed by atoms with Crippen molar-refractivity contribution in [2.24, 2.45) is 0 Å². The number of ketones is 2. The summed E-state index contributed by atoms with van der Waals surface area (Å²) >= 11 is 0. The number of hydrogen-bond donors (Lipinski definition) is 1. The summed E-state index contributed by atoms with van der Waals surface area (Å²) in [6, 6.07) is 8.03. The molecule has 3 rings (SSSR count). The second kappa shape index (κ2) is 5.60. The number of nitro benzene ring substituents is 1. The molecule has 10 nitrogen and oxygen atoms in total. The third-order valence-electron chi connectivity index (χ3n) is 3.57. The smallest absolute Gasteiger partial charge is 0.362 e. The molecule has 25 heavy (non-hydrogen) atoms. The average Bonchev–Trinajstić information content (AvgIpc) is 2.59. The Labute approximate surface area is 138 Å². The number of aromatic nitrogens is 1. The van der Waals surface area contributed by atoms with Gasteiger partial charge in [-0.15, -0.1) is 0 Å².